The topological polar surface area (TPSA) is 80.8 Å². The van der Waals surface area contributed by atoms with Gasteiger partial charge in [0.25, 0.3) is 5.91 Å². The molecule has 1 spiro atoms. The van der Waals surface area contributed by atoms with Gasteiger partial charge in [0.15, 0.2) is 6.10 Å². The van der Waals surface area contributed by atoms with Gasteiger partial charge >= 0.3 is 5.97 Å². The lowest BCUT2D eigenvalue weighted by atomic mass is 9.69. The number of carbonyl (C=O) groups is 2. The monoisotopic (exact) mass is 343 g/mol. The molecular formula is C16H25NO5S. The van der Waals surface area contributed by atoms with Crippen molar-refractivity contribution in [2.45, 2.75) is 65.5 Å². The fourth-order valence-electron chi connectivity index (χ4n) is 5.23. The second-order valence-corrected chi connectivity index (χ2v) is 9.61. The Morgan fingerprint density at radius 3 is 2.52 bits per heavy atom. The number of hydrogen-bond donors (Lipinski definition) is 0. The quantitative estimate of drug-likeness (QED) is 0.729. The van der Waals surface area contributed by atoms with Crippen LogP contribution in [-0.2, 0) is 24.3 Å². The molecule has 23 heavy (non-hydrogen) atoms. The van der Waals surface area contributed by atoms with Crippen LogP contribution in [-0.4, -0.2) is 42.5 Å². The molecule has 0 N–H and O–H groups in total. The number of fused-ring (bicyclic) bond motifs is 1. The number of nitrogens with zero attached hydrogens (tertiary/aromatic N) is 1. The Morgan fingerprint density at radius 2 is 2.00 bits per heavy atom. The third-order valence-electron chi connectivity index (χ3n) is 6.58. The first kappa shape index (κ1) is 16.7. The molecular weight excluding hydrogens is 318 g/mol. The van der Waals surface area contributed by atoms with Crippen LogP contribution in [0.3, 0.4) is 0 Å². The molecule has 0 aromatic heterocycles. The van der Waals surface area contributed by atoms with Crippen LogP contribution >= 0.6 is 0 Å². The van der Waals surface area contributed by atoms with E-state index in [0.717, 1.165) is 23.6 Å². The van der Waals surface area contributed by atoms with E-state index in [1.54, 1.807) is 6.92 Å². The molecule has 3 rings (SSSR count). The fraction of sp³-hybridized carbons (Fsp3) is 0.875. The molecule has 3 fully saturated rings. The summed E-state index contributed by atoms with van der Waals surface area (Å²) in [6, 6.07) is -0.279. The highest BCUT2D eigenvalue weighted by Gasteiger charge is 2.72. The van der Waals surface area contributed by atoms with Crippen molar-refractivity contribution in [2.75, 3.05) is 5.75 Å². The predicted octanol–water partition coefficient (Wildman–Crippen LogP) is 1.70. The minimum absolute atomic E-state index is 0.0381. The van der Waals surface area contributed by atoms with Gasteiger partial charge in [-0.1, -0.05) is 20.8 Å². The lowest BCUT2D eigenvalue weighted by Crippen LogP contribution is -2.48. The van der Waals surface area contributed by atoms with Gasteiger partial charge in [0.05, 0.1) is 11.8 Å². The molecule has 0 aromatic carbocycles. The summed E-state index contributed by atoms with van der Waals surface area (Å²) in [5, 5.41) is 0. The number of rotatable bonds is 3. The first-order chi connectivity index (χ1) is 10.6. The van der Waals surface area contributed by atoms with Crippen molar-refractivity contribution in [1.82, 2.24) is 4.31 Å². The van der Waals surface area contributed by atoms with Gasteiger partial charge in [-0.05, 0) is 37.0 Å². The van der Waals surface area contributed by atoms with E-state index in [-0.39, 0.29) is 29.0 Å². The first-order valence-electron chi connectivity index (χ1n) is 8.30. The summed E-state index contributed by atoms with van der Waals surface area (Å²) in [5.74, 6) is -0.652. The molecule has 7 heteroatoms. The lowest BCUT2D eigenvalue weighted by molar-refractivity contribution is -0.157. The molecule has 0 unspecified atom stereocenters. The van der Waals surface area contributed by atoms with Crippen molar-refractivity contribution in [3.8, 4) is 0 Å². The second-order valence-electron chi connectivity index (χ2n) is 7.76. The largest absolute Gasteiger partial charge is 0.452 e. The summed E-state index contributed by atoms with van der Waals surface area (Å²) >= 11 is 0. The summed E-state index contributed by atoms with van der Waals surface area (Å²) < 4.78 is 31.6. The number of carbonyl (C=O) groups excluding carboxylic acids is 2. The molecule has 130 valence electrons. The lowest BCUT2D eigenvalue weighted by Gasteiger charge is -2.37. The van der Waals surface area contributed by atoms with Crippen LogP contribution in [0.2, 0.25) is 0 Å². The van der Waals surface area contributed by atoms with E-state index in [2.05, 4.69) is 13.8 Å². The van der Waals surface area contributed by atoms with Gasteiger partial charge in [0.2, 0.25) is 10.0 Å². The van der Waals surface area contributed by atoms with E-state index in [1.165, 1.54) is 6.92 Å². The maximum atomic E-state index is 12.8. The SMILES string of the molecule is CC[C@@H](OC(C)=O)C(=O)N1[C@@H]2C[C@H]3CC[C@]2(CS1(=O)=O)C3(C)C. The highest BCUT2D eigenvalue weighted by molar-refractivity contribution is 7.90. The predicted molar refractivity (Wildman–Crippen MR) is 83.8 cm³/mol. The minimum Gasteiger partial charge on any atom is -0.452 e. The number of sulfonamides is 1. The van der Waals surface area contributed by atoms with Crippen molar-refractivity contribution in [3.63, 3.8) is 0 Å². The fourth-order valence-corrected chi connectivity index (χ4v) is 7.80. The van der Waals surface area contributed by atoms with E-state index in [1.807, 2.05) is 0 Å². The average molecular weight is 343 g/mol. The highest BCUT2D eigenvalue weighted by atomic mass is 32.2. The van der Waals surface area contributed by atoms with Gasteiger partial charge in [-0.3, -0.25) is 9.59 Å². The zero-order valence-electron chi connectivity index (χ0n) is 14.2. The summed E-state index contributed by atoms with van der Waals surface area (Å²) in [6.07, 6.45) is 1.87. The van der Waals surface area contributed by atoms with Crippen LogP contribution in [0.4, 0.5) is 0 Å². The Bertz CT molecular complexity index is 655. The van der Waals surface area contributed by atoms with Gasteiger partial charge in [0.1, 0.15) is 0 Å². The zero-order chi connectivity index (χ0) is 17.2. The van der Waals surface area contributed by atoms with E-state index in [4.69, 9.17) is 4.74 Å². The van der Waals surface area contributed by atoms with Gasteiger partial charge < -0.3 is 4.74 Å². The minimum atomic E-state index is -3.66. The summed E-state index contributed by atoms with van der Waals surface area (Å²) in [7, 11) is -3.66. The Balaban J connectivity index is 1.97. The van der Waals surface area contributed by atoms with Gasteiger partial charge in [-0.25, -0.2) is 12.7 Å². The molecule has 2 bridgehead atoms. The van der Waals surface area contributed by atoms with Crippen LogP contribution in [0, 0.1) is 16.7 Å². The third-order valence-corrected chi connectivity index (χ3v) is 8.50. The molecule has 1 saturated heterocycles. The number of ether oxygens (including phenoxy) is 1. The number of esters is 1. The molecule has 0 radical (unpaired) electrons. The molecule has 4 atom stereocenters. The molecule has 2 saturated carbocycles. The zero-order valence-corrected chi connectivity index (χ0v) is 15.0. The smallest absolute Gasteiger partial charge is 0.303 e. The summed E-state index contributed by atoms with van der Waals surface area (Å²) in [6.45, 7) is 7.22. The Hall–Kier alpha value is -1.11. The number of amides is 1. The molecule has 3 aliphatic rings. The van der Waals surface area contributed by atoms with Crippen LogP contribution in [0.25, 0.3) is 0 Å². The maximum Gasteiger partial charge on any atom is 0.303 e. The third kappa shape index (κ3) is 2.08. The van der Waals surface area contributed by atoms with Crippen molar-refractivity contribution < 1.29 is 22.7 Å². The average Bonchev–Trinajstić information content (AvgIpc) is 2.90. The van der Waals surface area contributed by atoms with Gasteiger partial charge in [-0.15, -0.1) is 0 Å². The van der Waals surface area contributed by atoms with Crippen LogP contribution in [0.15, 0.2) is 0 Å². The number of hydrogen-bond acceptors (Lipinski definition) is 5. The van der Waals surface area contributed by atoms with E-state index in [0.29, 0.717) is 5.92 Å². The standard InChI is InChI=1S/C16H25NO5S/c1-5-12(22-10(2)18)14(19)17-13-8-11-6-7-16(13,15(11,3)4)9-23(17,20)21/h11-13H,5-9H2,1-4H3/t11-,12-,13-,16-/m1/s1. The van der Waals surface area contributed by atoms with Crippen molar-refractivity contribution in [3.05, 3.63) is 0 Å². The maximum absolute atomic E-state index is 12.8. The molecule has 6 nitrogen and oxygen atoms in total. The van der Waals surface area contributed by atoms with Gasteiger partial charge in [-0.2, -0.15) is 0 Å². The summed E-state index contributed by atoms with van der Waals surface area (Å²) in [4.78, 5) is 24.0. The van der Waals surface area contributed by atoms with E-state index >= 15 is 0 Å². The van der Waals surface area contributed by atoms with Crippen molar-refractivity contribution >= 4 is 21.9 Å². The van der Waals surface area contributed by atoms with Crippen LogP contribution in [0.1, 0.15) is 53.4 Å². The molecule has 0 aromatic rings. The molecule has 1 amide bonds. The Morgan fingerprint density at radius 1 is 1.35 bits per heavy atom. The summed E-state index contributed by atoms with van der Waals surface area (Å²) in [5.41, 5.74) is -0.427. The molecule has 1 aliphatic heterocycles. The first-order valence-corrected chi connectivity index (χ1v) is 9.91. The second kappa shape index (κ2) is 4.94. The highest BCUT2D eigenvalue weighted by Crippen LogP contribution is 2.70. The van der Waals surface area contributed by atoms with E-state index in [9.17, 15) is 18.0 Å². The Labute approximate surface area is 137 Å². The molecule has 1 heterocycles. The normalized spacial score (nSPS) is 37.5. The molecule has 2 aliphatic carbocycles. The van der Waals surface area contributed by atoms with Crippen molar-refractivity contribution in [2.24, 2.45) is 16.7 Å². The van der Waals surface area contributed by atoms with Crippen LogP contribution < -0.4 is 0 Å². The van der Waals surface area contributed by atoms with Gasteiger partial charge in [0, 0.05) is 12.3 Å². The van der Waals surface area contributed by atoms with Crippen LogP contribution in [0.5, 0.6) is 0 Å². The van der Waals surface area contributed by atoms with E-state index < -0.39 is 28.0 Å². The Kier molecular flexibility index (Phi) is 3.60. The van der Waals surface area contributed by atoms with Crippen molar-refractivity contribution in [1.29, 1.82) is 0 Å².